The predicted molar refractivity (Wildman–Crippen MR) is 150 cm³/mol. The number of benzene rings is 1. The van der Waals surface area contributed by atoms with E-state index in [4.69, 9.17) is 33.2 Å². The molecule has 0 bridgehead atoms. The maximum atomic E-state index is 12.9. The second-order valence-electron chi connectivity index (χ2n) is 8.88. The van der Waals surface area contributed by atoms with Crippen LogP contribution >= 0.6 is 45.2 Å². The van der Waals surface area contributed by atoms with Gasteiger partial charge in [0.05, 0.1) is 16.6 Å². The number of alkyl halides is 2. The van der Waals surface area contributed by atoms with Gasteiger partial charge in [-0.05, 0) is 19.1 Å². The number of non-ortho nitro benzene ring substituents is 1. The number of hydrogen-bond donors (Lipinski definition) is 0. The van der Waals surface area contributed by atoms with Crippen molar-refractivity contribution in [1.29, 1.82) is 0 Å². The Morgan fingerprint density at radius 1 is 1.03 bits per heavy atom. The largest absolute Gasteiger partial charge is 0.457 e. The molecule has 13 nitrogen and oxygen atoms in total. The number of hydrogen-bond acceptors (Lipinski definition) is 12. The van der Waals surface area contributed by atoms with Crippen LogP contribution in [0.3, 0.4) is 0 Å². The highest BCUT2D eigenvalue weighted by Crippen LogP contribution is 2.36. The first-order valence-corrected chi connectivity index (χ1v) is 14.7. The monoisotopic (exact) mass is 777 g/mol. The van der Waals surface area contributed by atoms with Crippen LogP contribution in [0.2, 0.25) is 0 Å². The minimum Gasteiger partial charge on any atom is -0.457 e. The molecule has 2 saturated heterocycles. The molecule has 9 atom stereocenters. The molecule has 0 aromatic heterocycles. The number of nitro groups is 1. The molecule has 0 N–H and O–H groups in total. The SMILES string of the molecule is CO[C@@H]1C[C@@H](OC(=O)c2ccc([N+](=O)[O-])cc2)[C@H](O[C@H]2O[C@H](CI)[C@@H](OC(C)=O)[C@H](OC(C)=O)[C@@H]2I)[C@@H](C)O1. The molecule has 0 amide bonds. The van der Waals surface area contributed by atoms with Crippen LogP contribution < -0.4 is 0 Å². The highest BCUT2D eigenvalue weighted by molar-refractivity contribution is 14.1. The normalized spacial score (nSPS) is 32.6. The van der Waals surface area contributed by atoms with Gasteiger partial charge in [-0.3, -0.25) is 19.7 Å². The molecule has 216 valence electrons. The zero-order chi connectivity index (χ0) is 28.9. The number of methoxy groups -OCH3 is 1. The lowest BCUT2D eigenvalue weighted by Gasteiger charge is -2.46. The van der Waals surface area contributed by atoms with E-state index in [0.29, 0.717) is 4.43 Å². The highest BCUT2D eigenvalue weighted by atomic mass is 127. The lowest BCUT2D eigenvalue weighted by Crippen LogP contribution is -2.61. The van der Waals surface area contributed by atoms with Crippen LogP contribution in [0, 0.1) is 10.1 Å². The van der Waals surface area contributed by atoms with E-state index in [0.717, 1.165) is 0 Å². The Labute approximate surface area is 251 Å². The fourth-order valence-electron chi connectivity index (χ4n) is 4.31. The maximum Gasteiger partial charge on any atom is 0.338 e. The Bertz CT molecular complexity index is 1040. The van der Waals surface area contributed by atoms with E-state index in [9.17, 15) is 24.5 Å². The van der Waals surface area contributed by atoms with Gasteiger partial charge in [-0.2, -0.15) is 0 Å². The zero-order valence-electron chi connectivity index (χ0n) is 21.5. The first kappa shape index (κ1) is 31.9. The Balaban J connectivity index is 1.83. The summed E-state index contributed by atoms with van der Waals surface area (Å²) in [4.78, 5) is 47.0. The molecule has 1 aromatic carbocycles. The lowest BCUT2D eigenvalue weighted by atomic mass is 9.99. The molecule has 39 heavy (non-hydrogen) atoms. The summed E-state index contributed by atoms with van der Waals surface area (Å²) in [6.07, 6.45) is -6.12. The quantitative estimate of drug-likeness (QED) is 0.0903. The van der Waals surface area contributed by atoms with Gasteiger partial charge < -0.3 is 33.2 Å². The van der Waals surface area contributed by atoms with Gasteiger partial charge >= 0.3 is 17.9 Å². The molecular weight excluding hydrogens is 748 g/mol. The second-order valence-corrected chi connectivity index (χ2v) is 11.2. The van der Waals surface area contributed by atoms with E-state index in [1.54, 1.807) is 6.92 Å². The van der Waals surface area contributed by atoms with Crippen molar-refractivity contribution in [2.75, 3.05) is 11.5 Å². The Morgan fingerprint density at radius 3 is 2.18 bits per heavy atom. The van der Waals surface area contributed by atoms with Crippen molar-refractivity contribution in [3.05, 3.63) is 39.9 Å². The predicted octanol–water partition coefficient (Wildman–Crippen LogP) is 3.11. The molecule has 0 saturated carbocycles. The number of carbonyl (C=O) groups is 3. The fraction of sp³-hybridized carbons (Fsp3) is 0.625. The van der Waals surface area contributed by atoms with Crippen LogP contribution in [-0.4, -0.2) is 87.5 Å². The van der Waals surface area contributed by atoms with Crippen molar-refractivity contribution < 1.29 is 52.5 Å². The van der Waals surface area contributed by atoms with Crippen LogP contribution in [0.1, 0.15) is 37.6 Å². The molecule has 0 radical (unpaired) electrons. The maximum absolute atomic E-state index is 12.9. The van der Waals surface area contributed by atoms with Crippen molar-refractivity contribution in [3.63, 3.8) is 0 Å². The summed E-state index contributed by atoms with van der Waals surface area (Å²) in [5, 5.41) is 10.9. The number of ether oxygens (including phenoxy) is 7. The Hall–Kier alpha value is -1.67. The van der Waals surface area contributed by atoms with Crippen molar-refractivity contribution in [2.24, 2.45) is 0 Å². The van der Waals surface area contributed by atoms with Crippen LogP contribution in [0.15, 0.2) is 24.3 Å². The standard InChI is InChI=1S/C24H29I2NO12/c1-11-20(39-24-19(26)22(36-13(3)29)21(35-12(2)28)17(10-25)38-24)16(9-18(33-4)34-11)37-23(30)14-5-7-15(8-6-14)27(31)32/h5-8,11,16-22,24H,9-10H2,1-4H3/t11-,16-,17-,18+,19+,20-,21-,22-,24-/m1/s1. The number of carbonyl (C=O) groups excluding carboxylic acids is 3. The molecular formula is C24H29I2NO12. The second kappa shape index (κ2) is 14.3. The average molecular weight is 777 g/mol. The van der Waals surface area contributed by atoms with Crippen molar-refractivity contribution >= 4 is 68.8 Å². The lowest BCUT2D eigenvalue weighted by molar-refractivity contribution is -0.384. The van der Waals surface area contributed by atoms with Crippen LogP contribution in [0.25, 0.3) is 0 Å². The van der Waals surface area contributed by atoms with Gasteiger partial charge in [0.15, 0.2) is 24.8 Å². The smallest absolute Gasteiger partial charge is 0.338 e. The third kappa shape index (κ3) is 8.18. The number of rotatable bonds is 9. The van der Waals surface area contributed by atoms with E-state index in [2.05, 4.69) is 22.6 Å². The first-order chi connectivity index (χ1) is 18.4. The highest BCUT2D eigenvalue weighted by Gasteiger charge is 2.51. The fourth-order valence-corrected chi connectivity index (χ4v) is 5.91. The molecule has 0 aliphatic carbocycles. The van der Waals surface area contributed by atoms with Gasteiger partial charge in [-0.1, -0.05) is 45.2 Å². The summed E-state index contributed by atoms with van der Waals surface area (Å²) in [6, 6.07) is 5.04. The minimum absolute atomic E-state index is 0.122. The molecule has 2 aliphatic heterocycles. The topological polar surface area (TPSA) is 159 Å². The summed E-state index contributed by atoms with van der Waals surface area (Å²) in [6.45, 7) is 4.25. The van der Waals surface area contributed by atoms with E-state index < -0.39 is 76.0 Å². The van der Waals surface area contributed by atoms with Gasteiger partial charge in [0.25, 0.3) is 5.69 Å². The van der Waals surface area contributed by atoms with E-state index in [-0.39, 0.29) is 17.7 Å². The molecule has 0 unspecified atom stereocenters. The molecule has 15 heteroatoms. The number of halogens is 2. The van der Waals surface area contributed by atoms with Gasteiger partial charge in [-0.25, -0.2) is 4.79 Å². The van der Waals surface area contributed by atoms with Crippen LogP contribution in [0.4, 0.5) is 5.69 Å². The van der Waals surface area contributed by atoms with Crippen LogP contribution in [-0.2, 0) is 42.7 Å². The Morgan fingerprint density at radius 2 is 1.64 bits per heavy atom. The summed E-state index contributed by atoms with van der Waals surface area (Å²) in [7, 11) is 1.46. The van der Waals surface area contributed by atoms with Crippen LogP contribution in [0.5, 0.6) is 0 Å². The minimum atomic E-state index is -0.947. The third-order valence-electron chi connectivity index (χ3n) is 6.08. The third-order valence-corrected chi connectivity index (χ3v) is 8.24. The van der Waals surface area contributed by atoms with E-state index in [1.807, 2.05) is 22.6 Å². The van der Waals surface area contributed by atoms with E-state index >= 15 is 0 Å². The number of esters is 3. The number of nitrogens with zero attached hydrogens (tertiary/aromatic N) is 1. The van der Waals surface area contributed by atoms with Gasteiger partial charge in [-0.15, -0.1) is 0 Å². The summed E-state index contributed by atoms with van der Waals surface area (Å²) < 4.78 is 40.3. The molecule has 2 heterocycles. The summed E-state index contributed by atoms with van der Waals surface area (Å²) >= 11 is 4.10. The van der Waals surface area contributed by atoms with Crippen molar-refractivity contribution in [1.82, 2.24) is 0 Å². The molecule has 1 aromatic rings. The van der Waals surface area contributed by atoms with Gasteiger partial charge in [0.1, 0.15) is 22.2 Å². The Kier molecular flexibility index (Phi) is 11.7. The number of nitro benzene ring substituents is 1. The molecule has 2 aliphatic rings. The van der Waals surface area contributed by atoms with Gasteiger partial charge in [0.2, 0.25) is 0 Å². The zero-order valence-corrected chi connectivity index (χ0v) is 25.8. The van der Waals surface area contributed by atoms with Crippen molar-refractivity contribution in [3.8, 4) is 0 Å². The van der Waals surface area contributed by atoms with E-state index in [1.165, 1.54) is 45.2 Å². The molecule has 0 spiro atoms. The van der Waals surface area contributed by atoms with Gasteiger partial charge in [0, 0.05) is 43.9 Å². The molecule has 2 fully saturated rings. The summed E-state index contributed by atoms with van der Waals surface area (Å²) in [5.41, 5.74) is -0.0362. The van der Waals surface area contributed by atoms with Crippen molar-refractivity contribution in [2.45, 2.75) is 80.3 Å². The summed E-state index contributed by atoms with van der Waals surface area (Å²) in [5.74, 6) is -1.81. The first-order valence-electron chi connectivity index (χ1n) is 11.9. The molecule has 3 rings (SSSR count). The average Bonchev–Trinajstić information content (AvgIpc) is 2.88.